The smallest absolute Gasteiger partial charge is 0.128 e. The molecule has 4 nitrogen and oxygen atoms in total. The lowest BCUT2D eigenvalue weighted by atomic mass is 9.99. The van der Waals surface area contributed by atoms with E-state index in [4.69, 9.17) is 4.99 Å². The van der Waals surface area contributed by atoms with E-state index in [-0.39, 0.29) is 11.7 Å². The van der Waals surface area contributed by atoms with E-state index >= 15 is 0 Å². The van der Waals surface area contributed by atoms with Gasteiger partial charge in [0.25, 0.3) is 0 Å². The first-order valence-corrected chi connectivity index (χ1v) is 13.1. The standard InChI is InChI=1S/C34H26N4/c1-2-8-23(9-3-1)33-35-21-34(22-38(33)34)25-15-17-26(18-16-25)36-30-12-6-4-10-27(30)24-14-19-32-29(20-24)28-11-5-7-13-31(28)37-32/h1-21,33,36-37H,22H2. The van der Waals surface area contributed by atoms with Crippen LogP contribution in [0.5, 0.6) is 0 Å². The summed E-state index contributed by atoms with van der Waals surface area (Å²) in [6.45, 7) is 1.02. The predicted molar refractivity (Wildman–Crippen MR) is 157 cm³/mol. The van der Waals surface area contributed by atoms with Crippen molar-refractivity contribution in [2.45, 2.75) is 11.7 Å². The molecule has 0 saturated carbocycles. The normalized spacial score (nSPS) is 21.6. The maximum Gasteiger partial charge on any atom is 0.128 e. The average Bonchev–Trinajstić information content (AvgIpc) is 3.40. The lowest BCUT2D eigenvalue weighted by Crippen LogP contribution is -2.14. The molecule has 3 atom stereocenters. The molecule has 38 heavy (non-hydrogen) atoms. The van der Waals surface area contributed by atoms with Crippen molar-refractivity contribution in [2.75, 3.05) is 11.9 Å². The van der Waals surface area contributed by atoms with Crippen molar-refractivity contribution in [3.05, 3.63) is 132 Å². The second-order valence-corrected chi connectivity index (χ2v) is 10.3. The van der Waals surface area contributed by atoms with Crippen molar-refractivity contribution >= 4 is 39.4 Å². The average molecular weight is 491 g/mol. The third kappa shape index (κ3) is 3.31. The molecule has 182 valence electrons. The first-order chi connectivity index (χ1) is 18.8. The molecule has 8 rings (SSSR count). The SMILES string of the molecule is C1=NC(c2ccccc2)N2CC12c1ccc(Nc2ccccc2-c2ccc3[nH]c4ccccc4c3c2)cc1. The van der Waals surface area contributed by atoms with Gasteiger partial charge in [0, 0.05) is 51.5 Å². The molecular weight excluding hydrogens is 464 g/mol. The van der Waals surface area contributed by atoms with Crippen LogP contribution in [0.25, 0.3) is 32.9 Å². The van der Waals surface area contributed by atoms with Gasteiger partial charge in [-0.25, -0.2) is 0 Å². The summed E-state index contributed by atoms with van der Waals surface area (Å²) in [5, 5.41) is 6.17. The van der Waals surface area contributed by atoms with Crippen molar-refractivity contribution < 1.29 is 0 Å². The lowest BCUT2D eigenvalue weighted by molar-refractivity contribution is 0.401. The molecule has 4 heteroatoms. The molecule has 0 radical (unpaired) electrons. The van der Waals surface area contributed by atoms with Crippen LogP contribution < -0.4 is 5.32 Å². The molecule has 3 heterocycles. The van der Waals surface area contributed by atoms with Gasteiger partial charge in [0.15, 0.2) is 0 Å². The van der Waals surface area contributed by atoms with E-state index in [1.807, 2.05) is 0 Å². The quantitative estimate of drug-likeness (QED) is 0.240. The number of aromatic amines is 1. The van der Waals surface area contributed by atoms with Crippen LogP contribution in [0.1, 0.15) is 17.3 Å². The van der Waals surface area contributed by atoms with E-state index < -0.39 is 0 Å². The topological polar surface area (TPSA) is 43.2 Å². The summed E-state index contributed by atoms with van der Waals surface area (Å²) in [5.41, 5.74) is 9.37. The second-order valence-electron chi connectivity index (χ2n) is 10.3. The number of H-pyrrole nitrogens is 1. The second kappa shape index (κ2) is 8.17. The Bertz CT molecular complexity index is 1830. The van der Waals surface area contributed by atoms with Gasteiger partial charge in [-0.3, -0.25) is 9.89 Å². The van der Waals surface area contributed by atoms with Crippen LogP contribution in [-0.2, 0) is 5.54 Å². The molecule has 0 amide bonds. The maximum atomic E-state index is 4.84. The Labute approximate surface area is 221 Å². The molecule has 1 saturated heterocycles. The molecular formula is C34H26N4. The summed E-state index contributed by atoms with van der Waals surface area (Å²) >= 11 is 0. The first-order valence-electron chi connectivity index (χ1n) is 13.1. The highest BCUT2D eigenvalue weighted by Crippen LogP contribution is 2.52. The Morgan fingerprint density at radius 3 is 2.37 bits per heavy atom. The van der Waals surface area contributed by atoms with Gasteiger partial charge < -0.3 is 10.3 Å². The first kappa shape index (κ1) is 21.4. The Kier molecular flexibility index (Phi) is 4.60. The Hall–Kier alpha value is -4.67. The Morgan fingerprint density at radius 2 is 1.50 bits per heavy atom. The molecule has 0 aliphatic carbocycles. The van der Waals surface area contributed by atoms with Gasteiger partial charge in [0.05, 0.1) is 5.54 Å². The number of nitrogens with one attached hydrogen (secondary N) is 2. The number of aromatic nitrogens is 1. The van der Waals surface area contributed by atoms with Crippen LogP contribution in [0.3, 0.4) is 0 Å². The van der Waals surface area contributed by atoms with Gasteiger partial charge >= 0.3 is 0 Å². The maximum absolute atomic E-state index is 4.84. The van der Waals surface area contributed by atoms with Crippen molar-refractivity contribution in [1.29, 1.82) is 0 Å². The Morgan fingerprint density at radius 1 is 0.737 bits per heavy atom. The van der Waals surface area contributed by atoms with Gasteiger partial charge in [0.2, 0.25) is 0 Å². The number of aliphatic imine (C=N–C) groups is 1. The fraction of sp³-hybridized carbons (Fsp3) is 0.0882. The number of para-hydroxylation sites is 2. The highest BCUT2D eigenvalue weighted by atomic mass is 15.5. The van der Waals surface area contributed by atoms with Crippen LogP contribution in [0.15, 0.2) is 126 Å². The van der Waals surface area contributed by atoms with E-state index in [2.05, 4.69) is 143 Å². The Balaban J connectivity index is 1.07. The summed E-state index contributed by atoms with van der Waals surface area (Å²) in [4.78, 5) is 10.8. The molecule has 2 aliphatic rings. The fourth-order valence-electron chi connectivity index (χ4n) is 6.00. The van der Waals surface area contributed by atoms with Crippen LogP contribution in [0.4, 0.5) is 11.4 Å². The zero-order valence-electron chi connectivity index (χ0n) is 20.8. The van der Waals surface area contributed by atoms with Crippen molar-refractivity contribution in [2.24, 2.45) is 4.99 Å². The zero-order chi connectivity index (χ0) is 25.1. The van der Waals surface area contributed by atoms with E-state index in [9.17, 15) is 0 Å². The minimum atomic E-state index is -0.0638. The monoisotopic (exact) mass is 490 g/mol. The van der Waals surface area contributed by atoms with Crippen molar-refractivity contribution in [3.8, 4) is 11.1 Å². The summed E-state index contributed by atoms with van der Waals surface area (Å²) in [6, 6.07) is 43.1. The molecule has 5 aromatic carbocycles. The summed E-state index contributed by atoms with van der Waals surface area (Å²) in [6.07, 6.45) is 2.26. The van der Waals surface area contributed by atoms with E-state index in [1.165, 1.54) is 38.5 Å². The molecule has 1 fully saturated rings. The number of benzene rings is 5. The van der Waals surface area contributed by atoms with Crippen molar-refractivity contribution in [1.82, 2.24) is 9.88 Å². The van der Waals surface area contributed by atoms with E-state index in [0.29, 0.717) is 0 Å². The minimum Gasteiger partial charge on any atom is -0.355 e. The largest absolute Gasteiger partial charge is 0.355 e. The highest BCUT2D eigenvalue weighted by Gasteiger charge is 2.59. The van der Waals surface area contributed by atoms with Crippen LogP contribution >= 0.6 is 0 Å². The van der Waals surface area contributed by atoms with Crippen LogP contribution in [0, 0.1) is 0 Å². The molecule has 3 unspecified atom stereocenters. The molecule has 6 aromatic rings. The number of anilines is 2. The lowest BCUT2D eigenvalue weighted by Gasteiger charge is -2.15. The third-order valence-corrected chi connectivity index (χ3v) is 8.05. The van der Waals surface area contributed by atoms with E-state index in [1.54, 1.807) is 0 Å². The number of fused-ring (bicyclic) bond motifs is 4. The van der Waals surface area contributed by atoms with E-state index in [0.717, 1.165) is 23.4 Å². The third-order valence-electron chi connectivity index (χ3n) is 8.05. The number of nitrogens with zero attached hydrogens (tertiary/aromatic N) is 2. The molecule has 2 N–H and O–H groups in total. The van der Waals surface area contributed by atoms with Crippen LogP contribution in [0.2, 0.25) is 0 Å². The van der Waals surface area contributed by atoms with Gasteiger partial charge in [-0.1, -0.05) is 84.9 Å². The fourth-order valence-corrected chi connectivity index (χ4v) is 6.00. The predicted octanol–water partition coefficient (Wildman–Crippen LogP) is 8.03. The summed E-state index contributed by atoms with van der Waals surface area (Å²) in [5.74, 6) is 0. The number of hydrogen-bond acceptors (Lipinski definition) is 3. The summed E-state index contributed by atoms with van der Waals surface area (Å²) < 4.78 is 0. The highest BCUT2D eigenvalue weighted by molar-refractivity contribution is 6.08. The summed E-state index contributed by atoms with van der Waals surface area (Å²) in [7, 11) is 0. The molecule has 2 aliphatic heterocycles. The minimum absolute atomic E-state index is 0.0638. The molecule has 0 bridgehead atoms. The zero-order valence-corrected chi connectivity index (χ0v) is 20.8. The van der Waals surface area contributed by atoms with Gasteiger partial charge in [-0.05, 0) is 53.1 Å². The van der Waals surface area contributed by atoms with Gasteiger partial charge in [-0.15, -0.1) is 0 Å². The van der Waals surface area contributed by atoms with Gasteiger partial charge in [-0.2, -0.15) is 0 Å². The number of rotatable bonds is 5. The molecule has 0 spiro atoms. The van der Waals surface area contributed by atoms with Crippen LogP contribution in [-0.4, -0.2) is 22.6 Å². The molecule has 1 aromatic heterocycles. The van der Waals surface area contributed by atoms with Crippen molar-refractivity contribution in [3.63, 3.8) is 0 Å². The van der Waals surface area contributed by atoms with Gasteiger partial charge in [0.1, 0.15) is 6.17 Å². The number of hydrogen-bond donors (Lipinski definition) is 2.